The number of benzene rings is 1. The molecule has 1 spiro atoms. The number of carbonyl (C=O) groups is 2. The third kappa shape index (κ3) is 1.87. The van der Waals surface area contributed by atoms with E-state index in [4.69, 9.17) is 0 Å². The van der Waals surface area contributed by atoms with Crippen LogP contribution in [0.5, 0.6) is 0 Å². The van der Waals surface area contributed by atoms with Crippen LogP contribution in [0.25, 0.3) is 17.0 Å². The Morgan fingerprint density at radius 2 is 1.97 bits per heavy atom. The molecule has 2 aliphatic heterocycles. The SMILES string of the molecule is Cc1nn(-c2ncnc3nc[nH]c23)c2c1[C@@]1(CC(=O)N2)C(=O)N(C)c2ccccc21. The number of carbonyl (C=O) groups excluding carboxylic acids is 2. The van der Waals surface area contributed by atoms with Crippen molar-refractivity contribution in [3.05, 3.63) is 53.7 Å². The first kappa shape index (κ1) is 16.8. The van der Waals surface area contributed by atoms with Gasteiger partial charge < -0.3 is 15.2 Å². The molecule has 2 amide bonds. The van der Waals surface area contributed by atoms with E-state index in [1.54, 1.807) is 16.6 Å². The smallest absolute Gasteiger partial charge is 0.242 e. The Hall–Kier alpha value is -4.08. The summed E-state index contributed by atoms with van der Waals surface area (Å²) in [6.45, 7) is 1.84. The number of nitrogens with one attached hydrogen (secondary N) is 2. The second kappa shape index (κ2) is 5.50. The number of likely N-dealkylation sites (N-methyl/N-ethyl adjacent to an activating group) is 1. The third-order valence-electron chi connectivity index (χ3n) is 5.97. The van der Waals surface area contributed by atoms with Crippen molar-refractivity contribution in [1.82, 2.24) is 29.7 Å². The Morgan fingerprint density at radius 3 is 2.83 bits per heavy atom. The van der Waals surface area contributed by atoms with Crippen LogP contribution in [0.3, 0.4) is 0 Å². The van der Waals surface area contributed by atoms with E-state index in [2.05, 4.69) is 30.4 Å². The Labute approximate surface area is 170 Å². The molecule has 0 aliphatic carbocycles. The molecule has 5 heterocycles. The fraction of sp³-hybridized carbons (Fsp3) is 0.200. The summed E-state index contributed by atoms with van der Waals surface area (Å²) in [5, 5.41) is 7.59. The van der Waals surface area contributed by atoms with E-state index in [9.17, 15) is 9.59 Å². The van der Waals surface area contributed by atoms with Crippen molar-refractivity contribution < 1.29 is 9.59 Å². The highest BCUT2D eigenvalue weighted by molar-refractivity contribution is 6.15. The van der Waals surface area contributed by atoms with Gasteiger partial charge in [-0.05, 0) is 18.6 Å². The zero-order valence-electron chi connectivity index (χ0n) is 16.2. The molecule has 10 nitrogen and oxygen atoms in total. The lowest BCUT2D eigenvalue weighted by Crippen LogP contribution is -2.46. The molecule has 0 radical (unpaired) electrons. The summed E-state index contributed by atoms with van der Waals surface area (Å²) >= 11 is 0. The molecule has 0 bridgehead atoms. The molecule has 1 aromatic carbocycles. The van der Waals surface area contributed by atoms with Crippen molar-refractivity contribution in [2.24, 2.45) is 0 Å². The molecule has 148 valence electrons. The summed E-state index contributed by atoms with van der Waals surface area (Å²) in [4.78, 5) is 43.8. The molecule has 0 saturated carbocycles. The minimum absolute atomic E-state index is 0.0238. The number of H-pyrrole nitrogens is 1. The number of imidazole rings is 1. The van der Waals surface area contributed by atoms with Crippen LogP contribution < -0.4 is 10.2 Å². The average Bonchev–Trinajstić information content (AvgIpc) is 3.41. The van der Waals surface area contributed by atoms with Crippen molar-refractivity contribution in [1.29, 1.82) is 0 Å². The van der Waals surface area contributed by atoms with E-state index in [1.165, 1.54) is 12.7 Å². The second-order valence-electron chi connectivity index (χ2n) is 7.53. The predicted octanol–water partition coefficient (Wildman–Crippen LogP) is 1.45. The molecule has 4 aromatic rings. The van der Waals surface area contributed by atoms with Crippen molar-refractivity contribution in [2.45, 2.75) is 18.8 Å². The topological polar surface area (TPSA) is 122 Å². The molecule has 0 unspecified atom stereocenters. The van der Waals surface area contributed by atoms with Crippen LogP contribution in [-0.4, -0.2) is 48.6 Å². The van der Waals surface area contributed by atoms with Crippen LogP contribution >= 0.6 is 0 Å². The highest BCUT2D eigenvalue weighted by Gasteiger charge is 2.57. The fourth-order valence-electron chi connectivity index (χ4n) is 4.78. The van der Waals surface area contributed by atoms with Gasteiger partial charge in [0.1, 0.15) is 23.1 Å². The molecule has 2 N–H and O–H groups in total. The standard InChI is InChI=1S/C20H16N8O2/c1-10-14-17(28(26-10)18-15-16(22-8-21-15)23-9-24-18)25-13(29)7-20(14)11-5-3-4-6-12(11)27(2)19(20)30/h3-6,8-9H,7H2,1-2H3,(H,25,29)(H,21,22,23,24)/t20-/m0/s1. The molecular formula is C20H16N8O2. The lowest BCUT2D eigenvalue weighted by molar-refractivity contribution is -0.126. The molecule has 3 aromatic heterocycles. The van der Waals surface area contributed by atoms with E-state index in [-0.39, 0.29) is 18.2 Å². The van der Waals surface area contributed by atoms with Gasteiger partial charge in [-0.2, -0.15) is 9.78 Å². The first-order valence-corrected chi connectivity index (χ1v) is 9.44. The lowest BCUT2D eigenvalue weighted by Gasteiger charge is -2.32. The van der Waals surface area contributed by atoms with Gasteiger partial charge in [0, 0.05) is 24.7 Å². The number of aromatic amines is 1. The van der Waals surface area contributed by atoms with Crippen molar-refractivity contribution in [2.75, 3.05) is 17.3 Å². The number of rotatable bonds is 1. The number of aryl methyl sites for hydroxylation is 1. The predicted molar refractivity (Wildman–Crippen MR) is 107 cm³/mol. The maximum absolute atomic E-state index is 13.6. The minimum atomic E-state index is -1.12. The summed E-state index contributed by atoms with van der Waals surface area (Å²) in [5.74, 6) is 0.497. The Kier molecular flexibility index (Phi) is 3.09. The quantitative estimate of drug-likeness (QED) is 0.499. The highest BCUT2D eigenvalue weighted by Crippen LogP contribution is 2.53. The van der Waals surface area contributed by atoms with E-state index >= 15 is 0 Å². The van der Waals surface area contributed by atoms with Gasteiger partial charge in [-0.1, -0.05) is 18.2 Å². The Bertz CT molecular complexity index is 1390. The van der Waals surface area contributed by atoms with Gasteiger partial charge in [-0.3, -0.25) is 9.59 Å². The van der Waals surface area contributed by atoms with E-state index in [1.807, 2.05) is 31.2 Å². The summed E-state index contributed by atoms with van der Waals surface area (Å²) in [6.07, 6.45) is 2.94. The lowest BCUT2D eigenvalue weighted by atomic mass is 9.70. The molecule has 30 heavy (non-hydrogen) atoms. The number of amides is 2. The fourth-order valence-corrected chi connectivity index (χ4v) is 4.78. The minimum Gasteiger partial charge on any atom is -0.340 e. The van der Waals surface area contributed by atoms with E-state index in [0.717, 1.165) is 11.3 Å². The summed E-state index contributed by atoms with van der Waals surface area (Å²) in [7, 11) is 1.74. The molecular weight excluding hydrogens is 384 g/mol. The van der Waals surface area contributed by atoms with Gasteiger partial charge in [0.2, 0.25) is 11.8 Å². The zero-order chi connectivity index (χ0) is 20.6. The number of hydrogen-bond donors (Lipinski definition) is 2. The third-order valence-corrected chi connectivity index (χ3v) is 5.97. The molecule has 2 aliphatic rings. The van der Waals surface area contributed by atoms with Crippen LogP contribution in [-0.2, 0) is 15.0 Å². The van der Waals surface area contributed by atoms with Gasteiger partial charge in [0.05, 0.1) is 12.0 Å². The normalized spacial score (nSPS) is 20.0. The van der Waals surface area contributed by atoms with Crippen molar-refractivity contribution in [3.8, 4) is 5.82 Å². The number of anilines is 2. The number of para-hydroxylation sites is 1. The van der Waals surface area contributed by atoms with Gasteiger partial charge in [-0.25, -0.2) is 15.0 Å². The van der Waals surface area contributed by atoms with Gasteiger partial charge in [0.25, 0.3) is 0 Å². The number of aromatic nitrogens is 6. The first-order chi connectivity index (χ1) is 14.5. The van der Waals surface area contributed by atoms with E-state index < -0.39 is 5.41 Å². The molecule has 1 atom stereocenters. The van der Waals surface area contributed by atoms with Crippen LogP contribution in [0.2, 0.25) is 0 Å². The largest absolute Gasteiger partial charge is 0.340 e. The maximum atomic E-state index is 13.6. The summed E-state index contributed by atoms with van der Waals surface area (Å²) in [5.41, 5.74) is 2.91. The van der Waals surface area contributed by atoms with Crippen LogP contribution in [0.15, 0.2) is 36.9 Å². The van der Waals surface area contributed by atoms with Crippen LogP contribution in [0, 0.1) is 6.92 Å². The number of nitrogens with zero attached hydrogens (tertiary/aromatic N) is 6. The number of hydrogen-bond acceptors (Lipinski definition) is 6. The van der Waals surface area contributed by atoms with Gasteiger partial charge in [0.15, 0.2) is 11.5 Å². The van der Waals surface area contributed by atoms with Crippen molar-refractivity contribution in [3.63, 3.8) is 0 Å². The molecule has 0 fully saturated rings. The molecule has 0 saturated heterocycles. The van der Waals surface area contributed by atoms with E-state index in [0.29, 0.717) is 34.1 Å². The zero-order valence-corrected chi connectivity index (χ0v) is 16.2. The summed E-state index contributed by atoms with van der Waals surface area (Å²) in [6, 6.07) is 7.58. The van der Waals surface area contributed by atoms with Crippen molar-refractivity contribution >= 4 is 34.5 Å². The number of fused-ring (bicyclic) bond motifs is 5. The Balaban J connectivity index is 1.69. The van der Waals surface area contributed by atoms with Gasteiger partial charge >= 0.3 is 0 Å². The monoisotopic (exact) mass is 400 g/mol. The second-order valence-corrected chi connectivity index (χ2v) is 7.53. The summed E-state index contributed by atoms with van der Waals surface area (Å²) < 4.78 is 1.56. The van der Waals surface area contributed by atoms with Crippen LogP contribution in [0.1, 0.15) is 23.2 Å². The van der Waals surface area contributed by atoms with Crippen LogP contribution in [0.4, 0.5) is 11.5 Å². The highest BCUT2D eigenvalue weighted by atomic mass is 16.2. The molecule has 6 rings (SSSR count). The maximum Gasteiger partial charge on any atom is 0.242 e. The first-order valence-electron chi connectivity index (χ1n) is 9.44. The average molecular weight is 400 g/mol. The Morgan fingerprint density at radius 1 is 1.13 bits per heavy atom. The van der Waals surface area contributed by atoms with Gasteiger partial charge in [-0.15, -0.1) is 0 Å². The molecule has 10 heteroatoms.